The number of rotatable bonds is 5. The molecule has 0 unspecified atom stereocenters. The largest absolute Gasteiger partial charge is 0.468 e. The van der Waals surface area contributed by atoms with Gasteiger partial charge in [0.15, 0.2) is 0 Å². The average molecular weight is 213 g/mol. The van der Waals surface area contributed by atoms with Crippen molar-refractivity contribution in [1.82, 2.24) is 5.32 Å². The van der Waals surface area contributed by atoms with Gasteiger partial charge in [-0.25, -0.2) is 0 Å². The van der Waals surface area contributed by atoms with E-state index >= 15 is 0 Å². The van der Waals surface area contributed by atoms with Gasteiger partial charge < -0.3 is 9.73 Å². The second kappa shape index (κ2) is 5.93. The molecule has 2 heteroatoms. The van der Waals surface area contributed by atoms with Gasteiger partial charge in [0.1, 0.15) is 5.76 Å². The van der Waals surface area contributed by atoms with Crippen LogP contribution < -0.4 is 5.32 Å². The molecular weight excluding hydrogens is 198 g/mol. The minimum absolute atomic E-state index is 0.770. The van der Waals surface area contributed by atoms with Gasteiger partial charge in [0.05, 0.1) is 12.8 Å². The molecule has 1 heterocycles. The highest BCUT2D eigenvalue weighted by Crippen LogP contribution is 2.01. The van der Waals surface area contributed by atoms with Gasteiger partial charge in [-0.15, -0.1) is 0 Å². The number of hydrogen-bond acceptors (Lipinski definition) is 2. The fourth-order valence-corrected chi connectivity index (χ4v) is 1.45. The van der Waals surface area contributed by atoms with E-state index in [0.717, 1.165) is 18.8 Å². The first-order chi connectivity index (χ1) is 7.95. The molecule has 0 bridgehead atoms. The third-order valence-electron chi connectivity index (χ3n) is 2.25. The van der Waals surface area contributed by atoms with E-state index in [9.17, 15) is 0 Å². The van der Waals surface area contributed by atoms with Gasteiger partial charge in [-0.3, -0.25) is 0 Å². The van der Waals surface area contributed by atoms with Crippen molar-refractivity contribution in [3.63, 3.8) is 0 Å². The third kappa shape index (κ3) is 3.41. The molecule has 0 spiro atoms. The summed E-state index contributed by atoms with van der Waals surface area (Å²) in [6, 6.07) is 14.1. The molecule has 16 heavy (non-hydrogen) atoms. The Hall–Kier alpha value is -1.80. The Bertz CT molecular complexity index is 417. The molecule has 0 fully saturated rings. The molecule has 0 amide bonds. The Morgan fingerprint density at radius 1 is 1.06 bits per heavy atom. The Kier molecular flexibility index (Phi) is 3.97. The number of nitrogens with one attached hydrogen (secondary N) is 1. The van der Waals surface area contributed by atoms with Gasteiger partial charge in [-0.1, -0.05) is 42.5 Å². The maximum Gasteiger partial charge on any atom is 0.117 e. The zero-order chi connectivity index (χ0) is 11.1. The lowest BCUT2D eigenvalue weighted by Gasteiger charge is -1.97. The first kappa shape index (κ1) is 10.7. The van der Waals surface area contributed by atoms with Crippen molar-refractivity contribution in [2.24, 2.45) is 0 Å². The molecule has 2 aromatic rings. The summed E-state index contributed by atoms with van der Waals surface area (Å²) < 4.78 is 5.21. The Morgan fingerprint density at radius 2 is 1.94 bits per heavy atom. The summed E-state index contributed by atoms with van der Waals surface area (Å²) in [6.07, 6.45) is 5.91. The van der Waals surface area contributed by atoms with Gasteiger partial charge in [-0.2, -0.15) is 0 Å². The van der Waals surface area contributed by atoms with Crippen molar-refractivity contribution >= 4 is 6.08 Å². The van der Waals surface area contributed by atoms with Crippen molar-refractivity contribution in [2.45, 2.75) is 6.54 Å². The van der Waals surface area contributed by atoms with Crippen LogP contribution in [0.1, 0.15) is 11.3 Å². The van der Waals surface area contributed by atoms with E-state index in [1.807, 2.05) is 30.3 Å². The maximum atomic E-state index is 5.21. The molecule has 0 saturated heterocycles. The van der Waals surface area contributed by atoms with E-state index in [1.54, 1.807) is 6.26 Å². The highest BCUT2D eigenvalue weighted by Gasteiger charge is 1.91. The van der Waals surface area contributed by atoms with Crippen LogP contribution in [0.3, 0.4) is 0 Å². The third-order valence-corrected chi connectivity index (χ3v) is 2.25. The van der Waals surface area contributed by atoms with Crippen LogP contribution in [0.4, 0.5) is 0 Å². The fourth-order valence-electron chi connectivity index (χ4n) is 1.45. The van der Waals surface area contributed by atoms with Crippen LogP contribution in [0.2, 0.25) is 0 Å². The van der Waals surface area contributed by atoms with Crippen LogP contribution in [-0.4, -0.2) is 6.54 Å². The lowest BCUT2D eigenvalue weighted by Crippen LogP contribution is -2.11. The van der Waals surface area contributed by atoms with E-state index in [4.69, 9.17) is 4.42 Å². The summed E-state index contributed by atoms with van der Waals surface area (Å²) in [7, 11) is 0. The summed E-state index contributed by atoms with van der Waals surface area (Å²) >= 11 is 0. The first-order valence-corrected chi connectivity index (χ1v) is 5.40. The van der Waals surface area contributed by atoms with Crippen LogP contribution in [0, 0.1) is 0 Å². The molecule has 2 nitrogen and oxygen atoms in total. The zero-order valence-corrected chi connectivity index (χ0v) is 9.10. The highest BCUT2D eigenvalue weighted by molar-refractivity contribution is 5.48. The van der Waals surface area contributed by atoms with Crippen LogP contribution >= 0.6 is 0 Å². The first-order valence-electron chi connectivity index (χ1n) is 5.40. The summed E-state index contributed by atoms with van der Waals surface area (Å²) in [5.74, 6) is 0.966. The van der Waals surface area contributed by atoms with Gasteiger partial charge in [0.2, 0.25) is 0 Å². The normalized spacial score (nSPS) is 11.0. The van der Waals surface area contributed by atoms with Crippen molar-refractivity contribution in [3.8, 4) is 0 Å². The Balaban J connectivity index is 1.70. The molecule has 1 aromatic carbocycles. The van der Waals surface area contributed by atoms with Crippen molar-refractivity contribution in [3.05, 3.63) is 66.1 Å². The lowest BCUT2D eigenvalue weighted by molar-refractivity contribution is 0.490. The number of hydrogen-bond donors (Lipinski definition) is 1. The van der Waals surface area contributed by atoms with Crippen LogP contribution in [0.5, 0.6) is 0 Å². The van der Waals surface area contributed by atoms with Crippen molar-refractivity contribution < 1.29 is 4.42 Å². The minimum Gasteiger partial charge on any atom is -0.468 e. The fraction of sp³-hybridized carbons (Fsp3) is 0.143. The monoisotopic (exact) mass is 213 g/mol. The van der Waals surface area contributed by atoms with E-state index in [0.29, 0.717) is 0 Å². The molecule has 0 saturated carbocycles. The van der Waals surface area contributed by atoms with Crippen LogP contribution in [0.15, 0.2) is 59.2 Å². The smallest absolute Gasteiger partial charge is 0.117 e. The van der Waals surface area contributed by atoms with E-state index in [-0.39, 0.29) is 0 Å². The number of furan rings is 1. The van der Waals surface area contributed by atoms with Gasteiger partial charge >= 0.3 is 0 Å². The molecule has 1 aromatic heterocycles. The summed E-state index contributed by atoms with van der Waals surface area (Å²) in [5, 5.41) is 3.28. The Morgan fingerprint density at radius 3 is 2.69 bits per heavy atom. The van der Waals surface area contributed by atoms with E-state index in [1.165, 1.54) is 5.56 Å². The quantitative estimate of drug-likeness (QED) is 0.772. The highest BCUT2D eigenvalue weighted by atomic mass is 16.3. The lowest BCUT2D eigenvalue weighted by atomic mass is 10.2. The summed E-state index contributed by atoms with van der Waals surface area (Å²) in [4.78, 5) is 0. The standard InChI is InChI=1S/C14H15NO/c1-2-6-13(7-3-1)8-4-10-15-12-14-9-5-11-16-14/h1-9,11,15H,10,12H2. The van der Waals surface area contributed by atoms with Crippen molar-refractivity contribution in [1.29, 1.82) is 0 Å². The molecule has 2 rings (SSSR count). The van der Waals surface area contributed by atoms with Crippen molar-refractivity contribution in [2.75, 3.05) is 6.54 Å². The van der Waals surface area contributed by atoms with E-state index < -0.39 is 0 Å². The molecular formula is C14H15NO. The topological polar surface area (TPSA) is 25.2 Å². The number of benzene rings is 1. The predicted octanol–water partition coefficient (Wildman–Crippen LogP) is 3.08. The summed E-state index contributed by atoms with van der Waals surface area (Å²) in [5.41, 5.74) is 1.22. The van der Waals surface area contributed by atoms with Crippen LogP contribution in [-0.2, 0) is 6.54 Å². The zero-order valence-electron chi connectivity index (χ0n) is 9.10. The molecule has 0 aliphatic heterocycles. The average Bonchev–Trinajstić information content (AvgIpc) is 2.83. The van der Waals surface area contributed by atoms with Gasteiger partial charge in [0.25, 0.3) is 0 Å². The maximum absolute atomic E-state index is 5.21. The molecule has 0 radical (unpaired) electrons. The SMILES string of the molecule is C(=Cc1ccccc1)CNCc1ccco1. The van der Waals surface area contributed by atoms with Gasteiger partial charge in [0, 0.05) is 6.54 Å². The molecule has 1 N–H and O–H groups in total. The predicted molar refractivity (Wildman–Crippen MR) is 65.9 cm³/mol. The molecule has 82 valence electrons. The van der Waals surface area contributed by atoms with Gasteiger partial charge in [-0.05, 0) is 17.7 Å². The van der Waals surface area contributed by atoms with Crippen LogP contribution in [0.25, 0.3) is 6.08 Å². The Labute approximate surface area is 95.6 Å². The van der Waals surface area contributed by atoms with E-state index in [2.05, 4.69) is 29.6 Å². The minimum atomic E-state index is 0.770. The second-order valence-electron chi connectivity index (χ2n) is 3.52. The second-order valence-corrected chi connectivity index (χ2v) is 3.52. The molecule has 0 aliphatic rings. The molecule has 0 atom stereocenters. The molecule has 0 aliphatic carbocycles. The summed E-state index contributed by atoms with van der Waals surface area (Å²) in [6.45, 7) is 1.61.